The summed E-state index contributed by atoms with van der Waals surface area (Å²) >= 11 is 0. The molecule has 1 aliphatic heterocycles. The first-order valence-electron chi connectivity index (χ1n) is 9.11. The zero-order valence-electron chi connectivity index (χ0n) is 15.4. The van der Waals surface area contributed by atoms with Crippen LogP contribution in [-0.2, 0) is 0 Å². The predicted octanol–water partition coefficient (Wildman–Crippen LogP) is 4.44. The first kappa shape index (κ1) is 16.6. The number of fused-ring (bicyclic) bond motifs is 1. The molecular formula is C21H24N4O. The van der Waals surface area contributed by atoms with Crippen molar-refractivity contribution < 1.29 is 4.74 Å². The van der Waals surface area contributed by atoms with Crippen LogP contribution in [0.25, 0.3) is 0 Å². The predicted molar refractivity (Wildman–Crippen MR) is 103 cm³/mol. The van der Waals surface area contributed by atoms with Gasteiger partial charge in [0.15, 0.2) is 0 Å². The van der Waals surface area contributed by atoms with Crippen LogP contribution >= 0.6 is 0 Å². The lowest BCUT2D eigenvalue weighted by molar-refractivity contribution is 0.340. The standard InChI is InChI=1S/C21H24N4O/c1-4-26-18-9-7-16(8-10-18)20-12-19(24-21-22-13-23-25(20)21)17-6-5-14(2)15(3)11-17/h5-11,13,19-20H,4,12H2,1-3H3,(H,22,23,24)/t19-,20-/m0/s1. The number of anilines is 1. The molecule has 1 aliphatic rings. The highest BCUT2D eigenvalue weighted by Crippen LogP contribution is 2.38. The second kappa shape index (κ2) is 6.83. The lowest BCUT2D eigenvalue weighted by Gasteiger charge is -2.32. The maximum Gasteiger partial charge on any atom is 0.222 e. The summed E-state index contributed by atoms with van der Waals surface area (Å²) in [4.78, 5) is 4.41. The van der Waals surface area contributed by atoms with Gasteiger partial charge in [-0.2, -0.15) is 10.1 Å². The molecule has 0 spiro atoms. The molecule has 0 bridgehead atoms. The topological polar surface area (TPSA) is 52.0 Å². The van der Waals surface area contributed by atoms with Crippen LogP contribution in [0, 0.1) is 13.8 Å². The van der Waals surface area contributed by atoms with Gasteiger partial charge in [0.2, 0.25) is 5.95 Å². The Morgan fingerprint density at radius 2 is 1.85 bits per heavy atom. The Balaban J connectivity index is 1.67. The van der Waals surface area contributed by atoms with Crippen LogP contribution in [-0.4, -0.2) is 21.4 Å². The van der Waals surface area contributed by atoms with Gasteiger partial charge in [0.05, 0.1) is 18.7 Å². The van der Waals surface area contributed by atoms with E-state index in [1.807, 2.05) is 23.7 Å². The van der Waals surface area contributed by atoms with Gasteiger partial charge in [-0.25, -0.2) is 4.68 Å². The molecule has 0 unspecified atom stereocenters. The van der Waals surface area contributed by atoms with E-state index in [9.17, 15) is 0 Å². The number of hydrogen-bond acceptors (Lipinski definition) is 4. The van der Waals surface area contributed by atoms with E-state index in [4.69, 9.17) is 4.74 Å². The zero-order valence-corrected chi connectivity index (χ0v) is 15.4. The van der Waals surface area contributed by atoms with Crippen molar-refractivity contribution in [3.8, 4) is 5.75 Å². The van der Waals surface area contributed by atoms with E-state index in [0.717, 1.165) is 18.1 Å². The van der Waals surface area contributed by atoms with E-state index in [2.05, 4.69) is 59.6 Å². The number of aromatic nitrogens is 3. The van der Waals surface area contributed by atoms with Gasteiger partial charge in [-0.3, -0.25) is 0 Å². The van der Waals surface area contributed by atoms with Crippen molar-refractivity contribution in [1.82, 2.24) is 14.8 Å². The number of ether oxygens (including phenoxy) is 1. The van der Waals surface area contributed by atoms with E-state index < -0.39 is 0 Å². The monoisotopic (exact) mass is 348 g/mol. The lowest BCUT2D eigenvalue weighted by atomic mass is 9.92. The number of aryl methyl sites for hydroxylation is 2. The largest absolute Gasteiger partial charge is 0.494 e. The fraction of sp³-hybridized carbons (Fsp3) is 0.333. The first-order valence-corrected chi connectivity index (χ1v) is 9.11. The van der Waals surface area contributed by atoms with Crippen LogP contribution < -0.4 is 10.1 Å². The van der Waals surface area contributed by atoms with E-state index in [1.165, 1.54) is 22.3 Å². The molecule has 0 fully saturated rings. The molecular weight excluding hydrogens is 324 g/mol. The van der Waals surface area contributed by atoms with Gasteiger partial charge >= 0.3 is 0 Å². The Morgan fingerprint density at radius 3 is 2.58 bits per heavy atom. The summed E-state index contributed by atoms with van der Waals surface area (Å²) in [7, 11) is 0. The summed E-state index contributed by atoms with van der Waals surface area (Å²) in [6, 6.07) is 15.4. The normalized spacial score (nSPS) is 18.9. The van der Waals surface area contributed by atoms with Gasteiger partial charge in [0, 0.05) is 0 Å². The van der Waals surface area contributed by atoms with Crippen LogP contribution in [0.1, 0.15) is 47.7 Å². The molecule has 2 atom stereocenters. The second-order valence-electron chi connectivity index (χ2n) is 6.82. The maximum atomic E-state index is 5.57. The average molecular weight is 348 g/mol. The van der Waals surface area contributed by atoms with Crippen molar-refractivity contribution in [3.05, 3.63) is 71.0 Å². The molecule has 2 aromatic carbocycles. The molecule has 0 saturated heterocycles. The molecule has 26 heavy (non-hydrogen) atoms. The highest BCUT2D eigenvalue weighted by atomic mass is 16.5. The molecule has 2 heterocycles. The molecule has 0 amide bonds. The number of hydrogen-bond donors (Lipinski definition) is 1. The minimum absolute atomic E-state index is 0.149. The number of nitrogens with one attached hydrogen (secondary N) is 1. The molecule has 4 rings (SSSR count). The Kier molecular flexibility index (Phi) is 4.37. The minimum Gasteiger partial charge on any atom is -0.494 e. The minimum atomic E-state index is 0.149. The van der Waals surface area contributed by atoms with E-state index in [1.54, 1.807) is 6.33 Å². The second-order valence-corrected chi connectivity index (χ2v) is 6.82. The number of benzene rings is 2. The fourth-order valence-corrected chi connectivity index (χ4v) is 3.55. The van der Waals surface area contributed by atoms with Crippen LogP contribution in [0.2, 0.25) is 0 Å². The van der Waals surface area contributed by atoms with E-state index >= 15 is 0 Å². The summed E-state index contributed by atoms with van der Waals surface area (Å²) in [6.07, 6.45) is 2.54. The van der Waals surface area contributed by atoms with Gasteiger partial charge in [-0.05, 0) is 61.6 Å². The fourth-order valence-electron chi connectivity index (χ4n) is 3.55. The molecule has 3 aromatic rings. The van der Waals surface area contributed by atoms with Gasteiger partial charge in [0.25, 0.3) is 0 Å². The molecule has 0 saturated carbocycles. The van der Waals surface area contributed by atoms with Crippen LogP contribution in [0.5, 0.6) is 5.75 Å². The van der Waals surface area contributed by atoms with Crippen LogP contribution in [0.15, 0.2) is 48.8 Å². The van der Waals surface area contributed by atoms with Crippen molar-refractivity contribution in [2.24, 2.45) is 0 Å². The summed E-state index contributed by atoms with van der Waals surface area (Å²) < 4.78 is 7.55. The average Bonchev–Trinajstić information content (AvgIpc) is 3.13. The first-order chi connectivity index (χ1) is 12.7. The summed E-state index contributed by atoms with van der Waals surface area (Å²) in [5, 5.41) is 7.98. The van der Waals surface area contributed by atoms with Gasteiger partial charge in [-0.1, -0.05) is 30.3 Å². The van der Waals surface area contributed by atoms with Crippen LogP contribution in [0.4, 0.5) is 5.95 Å². The number of nitrogens with zero attached hydrogens (tertiary/aromatic N) is 3. The van der Waals surface area contributed by atoms with Crippen molar-refractivity contribution in [2.75, 3.05) is 11.9 Å². The maximum absolute atomic E-state index is 5.57. The molecule has 5 nitrogen and oxygen atoms in total. The summed E-state index contributed by atoms with van der Waals surface area (Å²) in [5.41, 5.74) is 5.14. The highest BCUT2D eigenvalue weighted by Gasteiger charge is 2.30. The van der Waals surface area contributed by atoms with Crippen molar-refractivity contribution in [1.29, 1.82) is 0 Å². The van der Waals surface area contributed by atoms with Crippen molar-refractivity contribution in [3.63, 3.8) is 0 Å². The van der Waals surface area contributed by atoms with Gasteiger partial charge in [0.1, 0.15) is 12.1 Å². The van der Waals surface area contributed by atoms with E-state index in [-0.39, 0.29) is 12.1 Å². The third kappa shape index (κ3) is 3.05. The Morgan fingerprint density at radius 1 is 1.08 bits per heavy atom. The third-order valence-corrected chi connectivity index (χ3v) is 5.14. The molecule has 0 aliphatic carbocycles. The molecule has 0 radical (unpaired) electrons. The summed E-state index contributed by atoms with van der Waals surface area (Å²) in [5.74, 6) is 1.72. The molecule has 1 aromatic heterocycles. The van der Waals surface area contributed by atoms with Gasteiger partial charge < -0.3 is 10.1 Å². The highest BCUT2D eigenvalue weighted by molar-refractivity contribution is 5.41. The Hall–Kier alpha value is -2.82. The zero-order chi connectivity index (χ0) is 18.1. The van der Waals surface area contributed by atoms with Crippen molar-refractivity contribution in [2.45, 2.75) is 39.3 Å². The third-order valence-electron chi connectivity index (χ3n) is 5.14. The van der Waals surface area contributed by atoms with Crippen molar-refractivity contribution >= 4 is 5.95 Å². The SMILES string of the molecule is CCOc1ccc([C@@H]2C[C@@H](c3ccc(C)c(C)c3)Nc3ncnn32)cc1. The Labute approximate surface area is 154 Å². The van der Waals surface area contributed by atoms with Gasteiger partial charge in [-0.15, -0.1) is 0 Å². The molecule has 5 heteroatoms. The van der Waals surface area contributed by atoms with Crippen LogP contribution in [0.3, 0.4) is 0 Å². The number of rotatable bonds is 4. The summed E-state index contributed by atoms with van der Waals surface area (Å²) in [6.45, 7) is 6.98. The molecule has 134 valence electrons. The quantitative estimate of drug-likeness (QED) is 0.757. The van der Waals surface area contributed by atoms with E-state index in [0.29, 0.717) is 6.61 Å². The smallest absolute Gasteiger partial charge is 0.222 e. The molecule has 1 N–H and O–H groups in total. The Bertz CT molecular complexity index is 901. The lowest BCUT2D eigenvalue weighted by Crippen LogP contribution is -2.28.